The van der Waals surface area contributed by atoms with Gasteiger partial charge in [0.25, 0.3) is 0 Å². The first-order valence-corrected chi connectivity index (χ1v) is 7.15. The van der Waals surface area contributed by atoms with Gasteiger partial charge in [0.1, 0.15) is 5.78 Å². The fourth-order valence-corrected chi connectivity index (χ4v) is 4.05. The van der Waals surface area contributed by atoms with Crippen LogP contribution in [0.3, 0.4) is 0 Å². The number of aliphatic hydroxyl groups is 2. The van der Waals surface area contributed by atoms with E-state index in [1.165, 1.54) is 0 Å². The first-order valence-electron chi connectivity index (χ1n) is 7.15. The van der Waals surface area contributed by atoms with Crippen molar-refractivity contribution < 1.29 is 15.0 Å². The minimum absolute atomic E-state index is 0.0175. The lowest BCUT2D eigenvalue weighted by atomic mass is 9.74. The van der Waals surface area contributed by atoms with Crippen LogP contribution in [-0.2, 0) is 4.79 Å². The highest BCUT2D eigenvalue weighted by molar-refractivity contribution is 5.86. The molecule has 0 bridgehead atoms. The van der Waals surface area contributed by atoms with Crippen LogP contribution in [0.5, 0.6) is 0 Å². The summed E-state index contributed by atoms with van der Waals surface area (Å²) in [7, 11) is 0. The summed E-state index contributed by atoms with van der Waals surface area (Å²) in [4.78, 5) is 12.7. The number of Topliss-reactive ketones (excluding diaryl/α,β-unsaturated/α-hetero) is 1. The Labute approximate surface area is 110 Å². The summed E-state index contributed by atoms with van der Waals surface area (Å²) in [6.45, 7) is 7.71. The third-order valence-corrected chi connectivity index (χ3v) is 5.27. The molecule has 0 aromatic heterocycles. The minimum Gasteiger partial charge on any atom is -0.390 e. The van der Waals surface area contributed by atoms with Crippen molar-refractivity contribution in [1.82, 2.24) is 0 Å². The van der Waals surface area contributed by atoms with E-state index in [1.807, 2.05) is 6.92 Å². The Morgan fingerprint density at radius 1 is 1.11 bits per heavy atom. The average molecular weight is 254 g/mol. The van der Waals surface area contributed by atoms with E-state index in [0.717, 1.165) is 12.8 Å². The Morgan fingerprint density at radius 3 is 2.22 bits per heavy atom. The van der Waals surface area contributed by atoms with Gasteiger partial charge in [0.15, 0.2) is 0 Å². The molecule has 18 heavy (non-hydrogen) atoms. The second kappa shape index (κ2) is 4.31. The van der Waals surface area contributed by atoms with Gasteiger partial charge in [-0.25, -0.2) is 0 Å². The molecule has 5 atom stereocenters. The molecule has 2 aliphatic carbocycles. The molecule has 0 radical (unpaired) electrons. The summed E-state index contributed by atoms with van der Waals surface area (Å²) in [5.41, 5.74) is -1.76. The van der Waals surface area contributed by atoms with E-state index < -0.39 is 11.2 Å². The summed E-state index contributed by atoms with van der Waals surface area (Å²) in [6, 6.07) is 0. The van der Waals surface area contributed by atoms with Crippen molar-refractivity contribution >= 4 is 5.78 Å². The molecule has 104 valence electrons. The quantitative estimate of drug-likeness (QED) is 0.754. The maximum Gasteiger partial charge on any atom is 0.142 e. The van der Waals surface area contributed by atoms with E-state index in [4.69, 9.17) is 0 Å². The minimum atomic E-state index is -0.941. The number of ketones is 1. The Bertz CT molecular complexity index is 344. The van der Waals surface area contributed by atoms with Crippen LogP contribution in [0.25, 0.3) is 0 Å². The molecule has 2 saturated carbocycles. The smallest absolute Gasteiger partial charge is 0.142 e. The Morgan fingerprint density at radius 2 is 1.67 bits per heavy atom. The monoisotopic (exact) mass is 254 g/mol. The van der Waals surface area contributed by atoms with Crippen molar-refractivity contribution in [2.24, 2.45) is 23.7 Å². The average Bonchev–Trinajstić information content (AvgIpc) is 2.48. The van der Waals surface area contributed by atoms with Crippen LogP contribution in [0, 0.1) is 23.7 Å². The van der Waals surface area contributed by atoms with Crippen molar-refractivity contribution in [3.8, 4) is 0 Å². The van der Waals surface area contributed by atoms with Crippen molar-refractivity contribution in [2.75, 3.05) is 0 Å². The van der Waals surface area contributed by atoms with Crippen LogP contribution in [0.2, 0.25) is 0 Å². The highest BCUT2D eigenvalue weighted by Gasteiger charge is 2.56. The zero-order valence-electron chi connectivity index (χ0n) is 11.9. The topological polar surface area (TPSA) is 57.5 Å². The third kappa shape index (κ3) is 2.12. The maximum atomic E-state index is 12.7. The molecule has 3 nitrogen and oxygen atoms in total. The highest BCUT2D eigenvalue weighted by atomic mass is 16.3. The molecule has 0 spiro atoms. The molecule has 2 rings (SSSR count). The molecule has 0 aromatic rings. The Kier molecular flexibility index (Phi) is 3.35. The summed E-state index contributed by atoms with van der Waals surface area (Å²) in [5, 5.41) is 21.1. The molecule has 0 heterocycles. The number of carbonyl (C=O) groups is 1. The fraction of sp³-hybridized carbons (Fsp3) is 0.933. The van der Waals surface area contributed by atoms with E-state index in [-0.39, 0.29) is 29.5 Å². The number of hydrogen-bond donors (Lipinski definition) is 2. The lowest BCUT2D eigenvalue weighted by molar-refractivity contribution is -0.138. The van der Waals surface area contributed by atoms with Crippen molar-refractivity contribution in [1.29, 1.82) is 0 Å². The van der Waals surface area contributed by atoms with Gasteiger partial charge in [-0.05, 0) is 51.4 Å². The van der Waals surface area contributed by atoms with Gasteiger partial charge in [-0.3, -0.25) is 4.79 Å². The molecule has 2 N–H and O–H groups in total. The molecule has 0 aromatic carbocycles. The lowest BCUT2D eigenvalue weighted by Crippen LogP contribution is -2.45. The summed E-state index contributed by atoms with van der Waals surface area (Å²) < 4.78 is 0. The number of carbonyl (C=O) groups excluding carboxylic acids is 1. The van der Waals surface area contributed by atoms with Crippen LogP contribution in [-0.4, -0.2) is 27.2 Å². The van der Waals surface area contributed by atoms with Gasteiger partial charge < -0.3 is 10.2 Å². The van der Waals surface area contributed by atoms with Crippen LogP contribution in [0.15, 0.2) is 0 Å². The first-order chi connectivity index (χ1) is 8.17. The van der Waals surface area contributed by atoms with Crippen LogP contribution >= 0.6 is 0 Å². The Hall–Kier alpha value is -0.410. The lowest BCUT2D eigenvalue weighted by Gasteiger charge is -2.34. The van der Waals surface area contributed by atoms with E-state index in [2.05, 4.69) is 13.8 Å². The van der Waals surface area contributed by atoms with Crippen molar-refractivity contribution in [3.05, 3.63) is 0 Å². The number of rotatable bonds is 1. The normalized spacial score (nSPS) is 49.3. The maximum absolute atomic E-state index is 12.7. The Balaban J connectivity index is 2.39. The molecule has 0 saturated heterocycles. The number of hydrogen-bond acceptors (Lipinski definition) is 3. The predicted octanol–water partition coefficient (Wildman–Crippen LogP) is 2.15. The molecule has 2 fully saturated rings. The largest absolute Gasteiger partial charge is 0.390 e. The first kappa shape index (κ1) is 14.0. The van der Waals surface area contributed by atoms with Gasteiger partial charge in [-0.1, -0.05) is 13.8 Å². The van der Waals surface area contributed by atoms with E-state index >= 15 is 0 Å². The molecular formula is C15H26O3. The van der Waals surface area contributed by atoms with Gasteiger partial charge in [0.05, 0.1) is 17.1 Å². The van der Waals surface area contributed by atoms with Gasteiger partial charge in [-0.2, -0.15) is 0 Å². The second-order valence-corrected chi connectivity index (χ2v) is 7.13. The zero-order valence-corrected chi connectivity index (χ0v) is 11.9. The van der Waals surface area contributed by atoms with Crippen LogP contribution in [0.4, 0.5) is 0 Å². The molecule has 0 amide bonds. The van der Waals surface area contributed by atoms with Gasteiger partial charge >= 0.3 is 0 Å². The van der Waals surface area contributed by atoms with E-state index in [9.17, 15) is 15.0 Å². The number of fused-ring (bicyclic) bond motifs is 1. The molecule has 1 unspecified atom stereocenters. The standard InChI is InChI=1S/C15H26O3/c1-9(2)10-5-7-14(3,17)11-6-8-15(4,18)12(11)13(10)16/h9-12,17-18H,5-8H2,1-4H3/t10?,11-,12+,14-,15-/m1/s1. The highest BCUT2D eigenvalue weighted by Crippen LogP contribution is 2.51. The molecule has 2 aliphatic rings. The van der Waals surface area contributed by atoms with Crippen molar-refractivity contribution in [2.45, 2.75) is 64.6 Å². The fourth-order valence-electron chi connectivity index (χ4n) is 4.05. The SMILES string of the molecule is CC(C)C1CC[C@@](C)(O)[C@@H]2CC[C@@](C)(O)[C@@H]2C1=O. The van der Waals surface area contributed by atoms with E-state index in [0.29, 0.717) is 12.8 Å². The van der Waals surface area contributed by atoms with Crippen molar-refractivity contribution in [3.63, 3.8) is 0 Å². The van der Waals surface area contributed by atoms with Gasteiger partial charge in [-0.15, -0.1) is 0 Å². The van der Waals surface area contributed by atoms with Crippen LogP contribution < -0.4 is 0 Å². The van der Waals surface area contributed by atoms with Gasteiger partial charge in [0.2, 0.25) is 0 Å². The third-order valence-electron chi connectivity index (χ3n) is 5.27. The molecular weight excluding hydrogens is 228 g/mol. The summed E-state index contributed by atoms with van der Waals surface area (Å²) in [6.07, 6.45) is 2.78. The summed E-state index contributed by atoms with van der Waals surface area (Å²) >= 11 is 0. The molecule has 3 heteroatoms. The second-order valence-electron chi connectivity index (χ2n) is 7.13. The zero-order chi connectivity index (χ0) is 13.7. The molecule has 0 aliphatic heterocycles. The summed E-state index contributed by atoms with van der Waals surface area (Å²) in [5.74, 6) is -0.0269. The van der Waals surface area contributed by atoms with E-state index in [1.54, 1.807) is 6.92 Å². The predicted molar refractivity (Wildman–Crippen MR) is 70.0 cm³/mol. The van der Waals surface area contributed by atoms with Gasteiger partial charge in [0, 0.05) is 5.92 Å². The van der Waals surface area contributed by atoms with Crippen LogP contribution in [0.1, 0.15) is 53.4 Å².